The molecule has 9 heteroatoms. The van der Waals surface area contributed by atoms with Crippen LogP contribution >= 0.6 is 23.2 Å². The van der Waals surface area contributed by atoms with Crippen molar-refractivity contribution < 1.29 is 9.59 Å². The quantitative estimate of drug-likeness (QED) is 0.704. The first-order valence-electron chi connectivity index (χ1n) is 7.21. The van der Waals surface area contributed by atoms with Gasteiger partial charge < -0.3 is 5.32 Å². The first kappa shape index (κ1) is 17.2. The summed E-state index contributed by atoms with van der Waals surface area (Å²) in [6.45, 7) is 1.77. The summed E-state index contributed by atoms with van der Waals surface area (Å²) >= 11 is 12.3. The lowest BCUT2D eigenvalue weighted by Gasteiger charge is -2.18. The van der Waals surface area contributed by atoms with Crippen molar-refractivity contribution in [2.24, 2.45) is 7.05 Å². The highest BCUT2D eigenvalue weighted by atomic mass is 35.5. The molecule has 0 aliphatic rings. The number of carbonyl (C=O) groups is 2. The number of fused-ring (bicyclic) bond motifs is 1. The van der Waals surface area contributed by atoms with Gasteiger partial charge >= 0.3 is 6.03 Å². The molecule has 2 heterocycles. The average Bonchev–Trinajstić information content (AvgIpc) is 2.85. The minimum Gasteiger partial charge on any atom is -0.307 e. The molecule has 0 aliphatic heterocycles. The third-order valence-electron chi connectivity index (χ3n) is 3.61. The number of nitrogens with zero attached hydrogens (tertiary/aromatic N) is 4. The molecule has 0 unspecified atom stereocenters. The normalized spacial score (nSPS) is 10.7. The lowest BCUT2D eigenvalue weighted by molar-refractivity contribution is -0.106. The number of amides is 3. The number of aromatic nitrogens is 3. The van der Waals surface area contributed by atoms with Crippen LogP contribution in [-0.2, 0) is 11.8 Å². The van der Waals surface area contributed by atoms with E-state index in [0.29, 0.717) is 33.8 Å². The molecule has 0 radical (unpaired) electrons. The summed E-state index contributed by atoms with van der Waals surface area (Å²) in [4.78, 5) is 29.1. The first-order chi connectivity index (χ1) is 11.9. The molecule has 0 saturated heterocycles. The number of hydrogen-bond donors (Lipinski definition) is 1. The number of rotatable bonds is 3. The van der Waals surface area contributed by atoms with E-state index in [1.807, 2.05) is 0 Å². The van der Waals surface area contributed by atoms with E-state index in [0.717, 1.165) is 4.90 Å². The Balaban J connectivity index is 1.99. The predicted molar refractivity (Wildman–Crippen MR) is 97.3 cm³/mol. The van der Waals surface area contributed by atoms with Gasteiger partial charge in [0.1, 0.15) is 0 Å². The molecule has 0 fully saturated rings. The number of carbonyl (C=O) groups excluding carboxylic acids is 2. The Morgan fingerprint density at radius 1 is 1.36 bits per heavy atom. The topological polar surface area (TPSA) is 80.1 Å². The summed E-state index contributed by atoms with van der Waals surface area (Å²) in [6, 6.07) is 5.90. The van der Waals surface area contributed by atoms with E-state index in [4.69, 9.17) is 23.2 Å². The molecule has 1 aromatic carbocycles. The van der Waals surface area contributed by atoms with Crippen molar-refractivity contribution in [3.05, 3.63) is 46.2 Å². The van der Waals surface area contributed by atoms with Crippen LogP contribution in [-0.4, -0.2) is 27.2 Å². The number of halogens is 2. The monoisotopic (exact) mass is 377 g/mol. The maximum absolute atomic E-state index is 12.5. The highest BCUT2D eigenvalue weighted by molar-refractivity contribution is 6.39. The largest absolute Gasteiger partial charge is 0.333 e. The van der Waals surface area contributed by atoms with E-state index in [1.54, 1.807) is 42.9 Å². The molecule has 0 bridgehead atoms. The lowest BCUT2D eigenvalue weighted by Crippen LogP contribution is -2.34. The SMILES string of the molecule is Cc1nn(C)c2ncc(N(C=O)C(=O)Nc3cccc(Cl)c3)c(Cl)c12. The van der Waals surface area contributed by atoms with Gasteiger partial charge in [0.25, 0.3) is 0 Å². The minimum atomic E-state index is -0.679. The van der Waals surface area contributed by atoms with Gasteiger partial charge in [-0.25, -0.2) is 14.7 Å². The van der Waals surface area contributed by atoms with Crippen LogP contribution in [0.1, 0.15) is 5.69 Å². The zero-order valence-corrected chi connectivity index (χ0v) is 14.8. The summed E-state index contributed by atoms with van der Waals surface area (Å²) in [5, 5.41) is 8.11. The van der Waals surface area contributed by atoms with E-state index >= 15 is 0 Å². The summed E-state index contributed by atoms with van der Waals surface area (Å²) in [5.41, 5.74) is 1.83. The highest BCUT2D eigenvalue weighted by Gasteiger charge is 2.22. The first-order valence-corrected chi connectivity index (χ1v) is 7.97. The van der Waals surface area contributed by atoms with Crippen LogP contribution in [0.2, 0.25) is 10.0 Å². The third kappa shape index (κ3) is 3.16. The molecule has 0 atom stereocenters. The maximum atomic E-state index is 12.5. The van der Waals surface area contributed by atoms with Gasteiger partial charge in [0, 0.05) is 17.8 Å². The minimum absolute atomic E-state index is 0.166. The summed E-state index contributed by atoms with van der Waals surface area (Å²) < 4.78 is 1.58. The van der Waals surface area contributed by atoms with Gasteiger partial charge in [0.2, 0.25) is 6.41 Å². The van der Waals surface area contributed by atoms with Crippen LogP contribution in [0.4, 0.5) is 16.2 Å². The zero-order chi connectivity index (χ0) is 18.1. The van der Waals surface area contributed by atoms with Crippen LogP contribution in [0.5, 0.6) is 0 Å². The van der Waals surface area contributed by atoms with E-state index in [-0.39, 0.29) is 10.7 Å². The fourth-order valence-corrected chi connectivity index (χ4v) is 3.04. The Bertz CT molecular complexity index is 986. The predicted octanol–water partition coefficient (Wildman–Crippen LogP) is 3.78. The fourth-order valence-electron chi connectivity index (χ4n) is 2.49. The molecule has 25 heavy (non-hydrogen) atoms. The van der Waals surface area contributed by atoms with E-state index in [1.165, 1.54) is 6.20 Å². The van der Waals surface area contributed by atoms with Crippen molar-refractivity contribution in [2.75, 3.05) is 10.2 Å². The van der Waals surface area contributed by atoms with E-state index in [9.17, 15) is 9.59 Å². The van der Waals surface area contributed by atoms with Crippen molar-refractivity contribution in [3.63, 3.8) is 0 Å². The van der Waals surface area contributed by atoms with E-state index < -0.39 is 6.03 Å². The third-order valence-corrected chi connectivity index (χ3v) is 4.22. The Morgan fingerprint density at radius 3 is 2.80 bits per heavy atom. The Morgan fingerprint density at radius 2 is 2.12 bits per heavy atom. The molecule has 3 amide bonds. The standard InChI is InChI=1S/C16H13Cl2N5O2/c1-9-13-14(18)12(7-19-15(13)22(2)21-9)23(8-24)16(25)20-11-5-3-4-10(17)6-11/h3-8H,1-2H3,(H,20,25). The van der Waals surface area contributed by atoms with Crippen LogP contribution in [0.15, 0.2) is 30.5 Å². The number of pyridine rings is 1. The summed E-state index contributed by atoms with van der Waals surface area (Å²) in [6.07, 6.45) is 1.73. The van der Waals surface area contributed by atoms with Gasteiger partial charge in [-0.15, -0.1) is 0 Å². The second kappa shape index (κ2) is 6.70. The lowest BCUT2D eigenvalue weighted by atomic mass is 10.2. The van der Waals surface area contributed by atoms with Gasteiger partial charge in [-0.05, 0) is 25.1 Å². The Hall–Kier alpha value is -2.64. The average molecular weight is 378 g/mol. The molecular weight excluding hydrogens is 365 g/mol. The molecule has 2 aromatic heterocycles. The molecule has 0 spiro atoms. The van der Waals surface area contributed by atoms with Crippen LogP contribution in [0.3, 0.4) is 0 Å². The molecule has 3 rings (SSSR count). The van der Waals surface area contributed by atoms with Crippen molar-refractivity contribution in [1.82, 2.24) is 14.8 Å². The smallest absolute Gasteiger partial charge is 0.307 e. The number of urea groups is 1. The number of nitrogens with one attached hydrogen (secondary N) is 1. The number of benzene rings is 1. The number of hydrogen-bond acceptors (Lipinski definition) is 4. The van der Waals surface area contributed by atoms with Crippen LogP contribution in [0, 0.1) is 6.92 Å². The molecular formula is C16H13Cl2N5O2. The van der Waals surface area contributed by atoms with Crippen molar-refractivity contribution in [3.8, 4) is 0 Å². The Labute approximate surface area is 153 Å². The fraction of sp³-hybridized carbons (Fsp3) is 0.125. The van der Waals surface area contributed by atoms with Gasteiger partial charge in [-0.3, -0.25) is 9.48 Å². The number of imide groups is 1. The molecule has 0 saturated carbocycles. The van der Waals surface area contributed by atoms with E-state index in [2.05, 4.69) is 15.4 Å². The summed E-state index contributed by atoms with van der Waals surface area (Å²) in [5.74, 6) is 0. The Kier molecular flexibility index (Phi) is 4.61. The van der Waals surface area contributed by atoms with Crippen molar-refractivity contribution >= 4 is 58.1 Å². The summed E-state index contributed by atoms with van der Waals surface area (Å²) in [7, 11) is 1.74. The molecule has 128 valence electrons. The second-order valence-electron chi connectivity index (χ2n) is 5.28. The zero-order valence-electron chi connectivity index (χ0n) is 13.3. The molecule has 7 nitrogen and oxygen atoms in total. The highest BCUT2D eigenvalue weighted by Crippen LogP contribution is 2.33. The second-order valence-corrected chi connectivity index (χ2v) is 6.10. The maximum Gasteiger partial charge on any atom is 0.333 e. The van der Waals surface area contributed by atoms with Gasteiger partial charge in [0.15, 0.2) is 5.65 Å². The molecule has 0 aliphatic carbocycles. The van der Waals surface area contributed by atoms with Gasteiger partial charge in [0.05, 0.1) is 28.0 Å². The van der Waals surface area contributed by atoms with Crippen molar-refractivity contribution in [1.29, 1.82) is 0 Å². The van der Waals surface area contributed by atoms with Crippen LogP contribution in [0.25, 0.3) is 11.0 Å². The number of anilines is 2. The molecule has 3 aromatic rings. The number of aryl methyl sites for hydroxylation is 2. The van der Waals surface area contributed by atoms with Crippen molar-refractivity contribution in [2.45, 2.75) is 6.92 Å². The van der Waals surface area contributed by atoms with Crippen LogP contribution < -0.4 is 10.2 Å². The van der Waals surface area contributed by atoms with Gasteiger partial charge in [-0.1, -0.05) is 29.3 Å². The van der Waals surface area contributed by atoms with Gasteiger partial charge in [-0.2, -0.15) is 5.10 Å². The molecule has 1 N–H and O–H groups in total.